The smallest absolute Gasteiger partial charge is 0.231 e. The van der Waals surface area contributed by atoms with Crippen LogP contribution in [-0.4, -0.2) is 36.5 Å². The van der Waals surface area contributed by atoms with Crippen LogP contribution in [-0.2, 0) is 11.2 Å². The summed E-state index contributed by atoms with van der Waals surface area (Å²) in [5.74, 6) is -0.226. The number of likely N-dealkylation sites (tertiary alicyclic amines) is 1. The van der Waals surface area contributed by atoms with Crippen LogP contribution >= 0.6 is 11.3 Å². The first kappa shape index (κ1) is 15.5. The van der Waals surface area contributed by atoms with E-state index in [1.807, 2.05) is 11.3 Å². The van der Waals surface area contributed by atoms with Gasteiger partial charge in [-0.15, -0.1) is 11.3 Å². The molecule has 1 aromatic rings. The lowest BCUT2D eigenvalue weighted by atomic mass is 10.0. The minimum atomic E-state index is -0.226. The zero-order chi connectivity index (χ0) is 14.5. The molecule has 2 heterocycles. The highest BCUT2D eigenvalue weighted by molar-refractivity contribution is 7.12. The largest absolute Gasteiger partial charge is 0.369 e. The molecule has 1 aromatic heterocycles. The molecule has 1 amide bonds. The van der Waals surface area contributed by atoms with Gasteiger partial charge in [0.15, 0.2) is 0 Å². The fourth-order valence-electron chi connectivity index (χ4n) is 2.73. The van der Waals surface area contributed by atoms with Crippen molar-refractivity contribution in [3.05, 3.63) is 21.9 Å². The Morgan fingerprint density at radius 3 is 2.75 bits per heavy atom. The van der Waals surface area contributed by atoms with Crippen molar-refractivity contribution in [1.29, 1.82) is 0 Å². The maximum absolute atomic E-state index is 10.9. The zero-order valence-electron chi connectivity index (χ0n) is 12.4. The molecule has 0 spiro atoms. The molecule has 3 N–H and O–H groups in total. The zero-order valence-corrected chi connectivity index (χ0v) is 13.2. The summed E-state index contributed by atoms with van der Waals surface area (Å²) in [4.78, 5) is 15.9. The number of nitrogens with zero attached hydrogens (tertiary/aromatic N) is 1. The van der Waals surface area contributed by atoms with Gasteiger partial charge in [0.1, 0.15) is 0 Å². The van der Waals surface area contributed by atoms with Crippen molar-refractivity contribution in [3.8, 4) is 0 Å². The number of nitrogens with one attached hydrogen (secondary N) is 1. The van der Waals surface area contributed by atoms with Crippen molar-refractivity contribution >= 4 is 17.2 Å². The Kier molecular flexibility index (Phi) is 5.57. The highest BCUT2D eigenvalue weighted by atomic mass is 32.1. The molecule has 0 bridgehead atoms. The Hall–Kier alpha value is -0.910. The Labute approximate surface area is 125 Å². The Balaban J connectivity index is 1.78. The second kappa shape index (κ2) is 7.20. The predicted octanol–water partition coefficient (Wildman–Crippen LogP) is 1.91. The predicted molar refractivity (Wildman–Crippen MR) is 83.9 cm³/mol. The molecule has 112 valence electrons. The summed E-state index contributed by atoms with van der Waals surface area (Å²) in [6, 6.07) is 5.42. The number of thiophene rings is 1. The van der Waals surface area contributed by atoms with Gasteiger partial charge < -0.3 is 11.1 Å². The Bertz CT molecular complexity index is 438. The van der Waals surface area contributed by atoms with E-state index in [0.717, 1.165) is 32.4 Å². The van der Waals surface area contributed by atoms with Crippen LogP contribution < -0.4 is 11.1 Å². The summed E-state index contributed by atoms with van der Waals surface area (Å²) in [7, 11) is 0. The summed E-state index contributed by atoms with van der Waals surface area (Å²) in [5, 5.41) is 3.71. The standard InChI is InChI=1S/C15H25N3OS/c1-3-13-4-5-14(20-13)11(2)17-12-6-8-18(9-7-12)10-15(16)19/h4-5,11-12,17H,3,6-10H2,1-2H3,(H2,16,19). The maximum atomic E-state index is 10.9. The van der Waals surface area contributed by atoms with Crippen molar-refractivity contribution in [2.45, 2.75) is 45.2 Å². The minimum absolute atomic E-state index is 0.226. The fourth-order valence-corrected chi connectivity index (χ4v) is 3.70. The van der Waals surface area contributed by atoms with E-state index in [-0.39, 0.29) is 5.91 Å². The van der Waals surface area contributed by atoms with E-state index >= 15 is 0 Å². The highest BCUT2D eigenvalue weighted by Crippen LogP contribution is 2.25. The molecule has 1 saturated heterocycles. The lowest BCUT2D eigenvalue weighted by molar-refractivity contribution is -0.119. The summed E-state index contributed by atoms with van der Waals surface area (Å²) < 4.78 is 0. The van der Waals surface area contributed by atoms with E-state index in [2.05, 4.69) is 36.2 Å². The molecule has 1 unspecified atom stereocenters. The number of hydrogen-bond donors (Lipinski definition) is 2. The molecule has 0 radical (unpaired) electrons. The number of rotatable bonds is 6. The summed E-state index contributed by atoms with van der Waals surface area (Å²) >= 11 is 1.90. The van der Waals surface area contributed by atoms with Crippen molar-refractivity contribution in [2.75, 3.05) is 19.6 Å². The van der Waals surface area contributed by atoms with Crippen LogP contribution in [0.1, 0.15) is 42.5 Å². The molecule has 0 aliphatic carbocycles. The lowest BCUT2D eigenvalue weighted by Gasteiger charge is -2.33. The van der Waals surface area contributed by atoms with E-state index in [1.54, 1.807) is 0 Å². The third kappa shape index (κ3) is 4.30. The summed E-state index contributed by atoms with van der Waals surface area (Å²) in [6.45, 7) is 6.74. The van der Waals surface area contributed by atoms with Crippen molar-refractivity contribution in [1.82, 2.24) is 10.2 Å². The van der Waals surface area contributed by atoms with E-state index in [0.29, 0.717) is 18.6 Å². The van der Waals surface area contributed by atoms with Crippen LogP contribution in [0.5, 0.6) is 0 Å². The molecular weight excluding hydrogens is 270 g/mol. The van der Waals surface area contributed by atoms with Crippen LogP contribution in [0.4, 0.5) is 0 Å². The van der Waals surface area contributed by atoms with Gasteiger partial charge in [-0.3, -0.25) is 9.69 Å². The third-order valence-electron chi connectivity index (χ3n) is 3.91. The molecule has 2 rings (SSSR count). The van der Waals surface area contributed by atoms with Crippen LogP contribution in [0.25, 0.3) is 0 Å². The lowest BCUT2D eigenvalue weighted by Crippen LogP contribution is -2.45. The quantitative estimate of drug-likeness (QED) is 0.843. The first-order valence-electron chi connectivity index (χ1n) is 7.43. The maximum Gasteiger partial charge on any atom is 0.231 e. The average Bonchev–Trinajstić information content (AvgIpc) is 2.89. The number of hydrogen-bond acceptors (Lipinski definition) is 4. The van der Waals surface area contributed by atoms with Gasteiger partial charge in [-0.2, -0.15) is 0 Å². The van der Waals surface area contributed by atoms with Gasteiger partial charge in [0, 0.05) is 34.9 Å². The van der Waals surface area contributed by atoms with Crippen LogP contribution in [0, 0.1) is 0 Å². The van der Waals surface area contributed by atoms with Crippen molar-refractivity contribution < 1.29 is 4.79 Å². The third-order valence-corrected chi connectivity index (χ3v) is 5.32. The second-order valence-corrected chi connectivity index (χ2v) is 6.76. The van der Waals surface area contributed by atoms with Crippen molar-refractivity contribution in [3.63, 3.8) is 0 Å². The fraction of sp³-hybridized carbons (Fsp3) is 0.667. The van der Waals surface area contributed by atoms with E-state index < -0.39 is 0 Å². The number of amides is 1. The first-order chi connectivity index (χ1) is 9.58. The number of aryl methyl sites for hydroxylation is 1. The van der Waals surface area contributed by atoms with Gasteiger partial charge in [0.2, 0.25) is 5.91 Å². The van der Waals surface area contributed by atoms with Gasteiger partial charge in [0.05, 0.1) is 6.54 Å². The number of nitrogens with two attached hydrogens (primary N) is 1. The number of carbonyl (C=O) groups is 1. The molecule has 1 fully saturated rings. The van der Waals surface area contributed by atoms with Gasteiger partial charge in [-0.05, 0) is 38.3 Å². The summed E-state index contributed by atoms with van der Waals surface area (Å²) in [5.41, 5.74) is 5.24. The molecular formula is C15H25N3OS. The van der Waals surface area contributed by atoms with Gasteiger partial charge in [-0.25, -0.2) is 0 Å². The Morgan fingerprint density at radius 1 is 1.50 bits per heavy atom. The van der Waals surface area contributed by atoms with Crippen LogP contribution in [0.15, 0.2) is 12.1 Å². The molecule has 1 aliphatic heterocycles. The van der Waals surface area contributed by atoms with Gasteiger partial charge in [-0.1, -0.05) is 6.92 Å². The normalized spacial score (nSPS) is 19.1. The monoisotopic (exact) mass is 295 g/mol. The van der Waals surface area contributed by atoms with Gasteiger partial charge in [0.25, 0.3) is 0 Å². The minimum Gasteiger partial charge on any atom is -0.369 e. The summed E-state index contributed by atoms with van der Waals surface area (Å²) in [6.07, 6.45) is 3.29. The average molecular weight is 295 g/mol. The molecule has 0 saturated carbocycles. The Morgan fingerprint density at radius 2 is 2.20 bits per heavy atom. The topological polar surface area (TPSA) is 58.4 Å². The first-order valence-corrected chi connectivity index (χ1v) is 8.25. The molecule has 0 aromatic carbocycles. The number of carbonyl (C=O) groups excluding carboxylic acids is 1. The van der Waals surface area contributed by atoms with Crippen LogP contribution in [0.3, 0.4) is 0 Å². The SMILES string of the molecule is CCc1ccc(C(C)NC2CCN(CC(N)=O)CC2)s1. The number of piperidine rings is 1. The molecule has 4 nitrogen and oxygen atoms in total. The van der Waals surface area contributed by atoms with E-state index in [1.165, 1.54) is 9.75 Å². The van der Waals surface area contributed by atoms with E-state index in [4.69, 9.17) is 5.73 Å². The van der Waals surface area contributed by atoms with Crippen LogP contribution in [0.2, 0.25) is 0 Å². The second-order valence-electron chi connectivity index (χ2n) is 5.56. The molecule has 1 atom stereocenters. The molecule has 20 heavy (non-hydrogen) atoms. The highest BCUT2D eigenvalue weighted by Gasteiger charge is 2.21. The molecule has 1 aliphatic rings. The van der Waals surface area contributed by atoms with Gasteiger partial charge >= 0.3 is 0 Å². The van der Waals surface area contributed by atoms with E-state index in [9.17, 15) is 4.79 Å². The molecule has 5 heteroatoms. The number of primary amides is 1. The van der Waals surface area contributed by atoms with Crippen molar-refractivity contribution in [2.24, 2.45) is 5.73 Å².